The van der Waals surface area contributed by atoms with Crippen LogP contribution in [0.5, 0.6) is 5.75 Å². The number of carbonyl (C=O) groups excluding carboxylic acids is 1. The number of aryl methyl sites for hydroxylation is 2. The van der Waals surface area contributed by atoms with Gasteiger partial charge in [-0.1, -0.05) is 0 Å². The Bertz CT molecular complexity index is 874. The van der Waals surface area contributed by atoms with E-state index in [0.29, 0.717) is 31.7 Å². The monoisotopic (exact) mass is 385 g/mol. The van der Waals surface area contributed by atoms with Gasteiger partial charge in [0.05, 0.1) is 18.0 Å². The molecule has 3 heterocycles. The summed E-state index contributed by atoms with van der Waals surface area (Å²) in [5, 5.41) is 10.6. The van der Waals surface area contributed by atoms with E-state index in [1.807, 2.05) is 26.0 Å². The molecule has 2 fully saturated rings. The number of halogens is 1. The highest BCUT2D eigenvalue weighted by Crippen LogP contribution is 2.38. The van der Waals surface area contributed by atoms with Crippen LogP contribution in [0.4, 0.5) is 4.39 Å². The number of pyridine rings is 2. The summed E-state index contributed by atoms with van der Waals surface area (Å²) in [6.45, 7) is 5.00. The smallest absolute Gasteiger partial charge is 0.272 e. The molecule has 0 unspecified atom stereocenters. The van der Waals surface area contributed by atoms with E-state index < -0.39 is 11.9 Å². The minimum Gasteiger partial charge on any atom is -0.486 e. The molecule has 1 amide bonds. The molecule has 2 aliphatic rings. The number of nitrogens with zero attached hydrogens (tertiary/aromatic N) is 3. The highest BCUT2D eigenvalue weighted by Gasteiger charge is 2.44. The van der Waals surface area contributed by atoms with Crippen LogP contribution in [0.2, 0.25) is 0 Å². The number of ether oxygens (including phenoxy) is 1. The van der Waals surface area contributed by atoms with E-state index in [0.717, 1.165) is 17.6 Å². The molecule has 148 valence electrons. The fourth-order valence-corrected chi connectivity index (χ4v) is 4.31. The van der Waals surface area contributed by atoms with Crippen molar-refractivity contribution in [3.63, 3.8) is 0 Å². The van der Waals surface area contributed by atoms with Gasteiger partial charge >= 0.3 is 0 Å². The van der Waals surface area contributed by atoms with Crippen LogP contribution >= 0.6 is 0 Å². The molecule has 2 aromatic rings. The average molecular weight is 385 g/mol. The summed E-state index contributed by atoms with van der Waals surface area (Å²) in [6, 6.07) is 6.44. The predicted molar refractivity (Wildman–Crippen MR) is 100 cm³/mol. The van der Waals surface area contributed by atoms with Crippen LogP contribution in [0, 0.1) is 31.5 Å². The molecular formula is C21H24FN3O3. The molecule has 4 rings (SSSR count). The Kier molecular flexibility index (Phi) is 5.02. The quantitative estimate of drug-likeness (QED) is 0.879. The van der Waals surface area contributed by atoms with Crippen molar-refractivity contribution in [3.8, 4) is 5.75 Å². The van der Waals surface area contributed by atoms with Crippen LogP contribution in [0.15, 0.2) is 30.5 Å². The Labute approximate surface area is 163 Å². The maximum Gasteiger partial charge on any atom is 0.272 e. The van der Waals surface area contributed by atoms with Gasteiger partial charge in [-0.15, -0.1) is 0 Å². The molecule has 1 aliphatic carbocycles. The number of hydrogen-bond acceptors (Lipinski definition) is 5. The summed E-state index contributed by atoms with van der Waals surface area (Å²) in [4.78, 5) is 22.7. The first kappa shape index (κ1) is 18.8. The first-order chi connectivity index (χ1) is 13.4. The van der Waals surface area contributed by atoms with Crippen LogP contribution < -0.4 is 4.74 Å². The maximum atomic E-state index is 13.1. The minimum atomic E-state index is -0.582. The first-order valence-corrected chi connectivity index (χ1v) is 9.60. The highest BCUT2D eigenvalue weighted by molar-refractivity contribution is 5.92. The second-order valence-corrected chi connectivity index (χ2v) is 7.82. The Hall–Kier alpha value is -2.54. The zero-order valence-corrected chi connectivity index (χ0v) is 16.0. The first-order valence-electron chi connectivity index (χ1n) is 9.60. The number of aromatic nitrogens is 2. The lowest BCUT2D eigenvalue weighted by Gasteiger charge is -2.35. The van der Waals surface area contributed by atoms with Crippen molar-refractivity contribution >= 4 is 5.91 Å². The number of rotatable bonds is 3. The zero-order valence-electron chi connectivity index (χ0n) is 16.0. The van der Waals surface area contributed by atoms with E-state index in [4.69, 9.17) is 4.74 Å². The molecule has 28 heavy (non-hydrogen) atoms. The van der Waals surface area contributed by atoms with Crippen molar-refractivity contribution < 1.29 is 19.0 Å². The number of carbonyl (C=O) groups is 1. The van der Waals surface area contributed by atoms with Gasteiger partial charge in [0.1, 0.15) is 23.4 Å². The summed E-state index contributed by atoms with van der Waals surface area (Å²) in [6.07, 6.45) is 1.43. The normalized spacial score (nSPS) is 26.8. The van der Waals surface area contributed by atoms with Crippen LogP contribution in [0.1, 0.15) is 34.7 Å². The molecule has 1 saturated heterocycles. The van der Waals surface area contributed by atoms with Gasteiger partial charge in [-0.05, 0) is 62.8 Å². The molecule has 4 atom stereocenters. The van der Waals surface area contributed by atoms with Crippen LogP contribution in [-0.4, -0.2) is 51.2 Å². The van der Waals surface area contributed by atoms with Crippen molar-refractivity contribution in [2.24, 2.45) is 11.8 Å². The van der Waals surface area contributed by atoms with Gasteiger partial charge in [0, 0.05) is 18.8 Å². The van der Waals surface area contributed by atoms with Gasteiger partial charge in [0.2, 0.25) is 0 Å². The van der Waals surface area contributed by atoms with Crippen LogP contribution in [0.3, 0.4) is 0 Å². The molecule has 2 aromatic heterocycles. The van der Waals surface area contributed by atoms with E-state index in [1.54, 1.807) is 4.90 Å². The van der Waals surface area contributed by atoms with E-state index in [9.17, 15) is 14.3 Å². The lowest BCUT2D eigenvalue weighted by molar-refractivity contribution is -0.0236. The second kappa shape index (κ2) is 7.47. The minimum absolute atomic E-state index is 0.195. The van der Waals surface area contributed by atoms with Crippen LogP contribution in [0.25, 0.3) is 0 Å². The number of hydrogen-bond donors (Lipinski definition) is 1. The van der Waals surface area contributed by atoms with E-state index in [2.05, 4.69) is 9.97 Å². The summed E-state index contributed by atoms with van der Waals surface area (Å²) >= 11 is 0. The third kappa shape index (κ3) is 3.71. The van der Waals surface area contributed by atoms with Crippen molar-refractivity contribution in [2.45, 2.75) is 38.9 Å². The Morgan fingerprint density at radius 2 is 1.93 bits per heavy atom. The van der Waals surface area contributed by atoms with Crippen LogP contribution in [-0.2, 0) is 0 Å². The van der Waals surface area contributed by atoms with E-state index in [1.165, 1.54) is 12.1 Å². The van der Waals surface area contributed by atoms with Gasteiger partial charge in [0.25, 0.3) is 5.91 Å². The van der Waals surface area contributed by atoms with Gasteiger partial charge in [-0.25, -0.2) is 9.37 Å². The van der Waals surface area contributed by atoms with Crippen molar-refractivity contribution in [1.29, 1.82) is 0 Å². The molecular weight excluding hydrogens is 361 g/mol. The van der Waals surface area contributed by atoms with Crippen molar-refractivity contribution in [2.75, 3.05) is 13.1 Å². The average Bonchev–Trinajstić information content (AvgIpc) is 3.07. The third-order valence-corrected chi connectivity index (χ3v) is 5.77. The number of aliphatic hydroxyl groups excluding tert-OH is 1. The van der Waals surface area contributed by atoms with Gasteiger partial charge < -0.3 is 14.7 Å². The molecule has 7 heteroatoms. The summed E-state index contributed by atoms with van der Waals surface area (Å²) < 4.78 is 19.1. The number of amides is 1. The van der Waals surface area contributed by atoms with Gasteiger partial charge in [0.15, 0.2) is 0 Å². The standard InChI is InChI=1S/C21H24FN3O3/c1-12-3-6-19(13(2)24-12)28-20-8-15-11-25(10-14(15)7-18(20)26)21(27)17-5-4-16(22)9-23-17/h3-6,9,14-15,18,20,26H,7-8,10-11H2,1-2H3/t14-,15+,18+,20+/m0/s1. The molecule has 0 spiro atoms. The number of aliphatic hydroxyl groups is 1. The Balaban J connectivity index is 1.43. The summed E-state index contributed by atoms with van der Waals surface area (Å²) in [5.41, 5.74) is 1.98. The predicted octanol–water partition coefficient (Wildman–Crippen LogP) is 2.52. The van der Waals surface area contributed by atoms with E-state index >= 15 is 0 Å². The topological polar surface area (TPSA) is 75.5 Å². The largest absolute Gasteiger partial charge is 0.486 e. The summed E-state index contributed by atoms with van der Waals surface area (Å²) in [7, 11) is 0. The number of fused-ring (bicyclic) bond motifs is 1. The van der Waals surface area contributed by atoms with Gasteiger partial charge in [-0.2, -0.15) is 0 Å². The van der Waals surface area contributed by atoms with Crippen molar-refractivity contribution in [1.82, 2.24) is 14.9 Å². The molecule has 6 nitrogen and oxygen atoms in total. The molecule has 1 N–H and O–H groups in total. The lowest BCUT2D eigenvalue weighted by Crippen LogP contribution is -2.42. The van der Waals surface area contributed by atoms with E-state index in [-0.39, 0.29) is 29.5 Å². The van der Waals surface area contributed by atoms with Gasteiger partial charge in [-0.3, -0.25) is 9.78 Å². The van der Waals surface area contributed by atoms with Crippen molar-refractivity contribution in [3.05, 3.63) is 53.4 Å². The maximum absolute atomic E-state index is 13.1. The molecule has 0 bridgehead atoms. The Morgan fingerprint density at radius 3 is 2.61 bits per heavy atom. The lowest BCUT2D eigenvalue weighted by atomic mass is 9.78. The second-order valence-electron chi connectivity index (χ2n) is 7.82. The number of likely N-dealkylation sites (tertiary alicyclic amines) is 1. The SMILES string of the molecule is Cc1ccc(O[C@@H]2C[C@@H]3CN(C(=O)c4ccc(F)cn4)C[C@@H]3C[C@H]2O)c(C)n1. The molecule has 0 aromatic carbocycles. The fourth-order valence-electron chi connectivity index (χ4n) is 4.31. The Morgan fingerprint density at radius 1 is 1.18 bits per heavy atom. The molecule has 1 saturated carbocycles. The zero-order chi connectivity index (χ0) is 19.8. The molecule has 0 radical (unpaired) electrons. The third-order valence-electron chi connectivity index (χ3n) is 5.77. The highest BCUT2D eigenvalue weighted by atomic mass is 19.1. The molecule has 1 aliphatic heterocycles. The fraction of sp³-hybridized carbons (Fsp3) is 0.476. The summed E-state index contributed by atoms with van der Waals surface area (Å²) in [5.74, 6) is 0.526.